The monoisotopic (exact) mass is 290 g/mol. The molecule has 0 saturated carbocycles. The van der Waals surface area contributed by atoms with Crippen molar-refractivity contribution in [2.24, 2.45) is 0 Å². The van der Waals surface area contributed by atoms with Crippen LogP contribution in [0.3, 0.4) is 0 Å². The van der Waals surface area contributed by atoms with Crippen LogP contribution in [0.5, 0.6) is 0 Å². The van der Waals surface area contributed by atoms with Crippen molar-refractivity contribution in [2.45, 2.75) is 26.4 Å². The molecular weight excluding hydrogens is 276 g/mol. The van der Waals surface area contributed by atoms with Gasteiger partial charge in [-0.25, -0.2) is 4.79 Å². The molecule has 1 aromatic rings. The molecule has 0 radical (unpaired) electrons. The largest absolute Gasteiger partial charge is 0.444 e. The molecule has 1 rings (SSSR count). The Morgan fingerprint density at radius 2 is 2.10 bits per heavy atom. The normalized spacial score (nSPS) is 9.95. The first-order valence-corrected chi connectivity index (χ1v) is 6.35. The first-order chi connectivity index (χ1) is 9.31. The van der Waals surface area contributed by atoms with Crippen molar-refractivity contribution in [3.05, 3.63) is 34.3 Å². The second-order valence-electron chi connectivity index (χ2n) is 4.96. The fourth-order valence-corrected chi connectivity index (χ4v) is 1.46. The third-order valence-electron chi connectivity index (χ3n) is 2.05. The molecule has 0 saturated heterocycles. The number of nitrogens with zero attached hydrogens (tertiary/aromatic N) is 1. The Kier molecular flexibility index (Phi) is 5.43. The van der Waals surface area contributed by atoms with E-state index in [4.69, 9.17) is 21.6 Å². The molecule has 0 aliphatic rings. The van der Waals surface area contributed by atoms with E-state index in [1.54, 1.807) is 39.0 Å². The third-order valence-corrected chi connectivity index (χ3v) is 2.28. The van der Waals surface area contributed by atoms with E-state index in [0.29, 0.717) is 16.1 Å². The minimum absolute atomic E-state index is 0.131. The summed E-state index contributed by atoms with van der Waals surface area (Å²) in [5.74, 6) is 5.54. The summed E-state index contributed by atoms with van der Waals surface area (Å²) in [6.07, 6.45) is -0.529. The Labute approximate surface area is 123 Å². The number of carbonyl (C=O) groups is 1. The summed E-state index contributed by atoms with van der Waals surface area (Å²) in [6, 6.07) is 6.88. The zero-order valence-electron chi connectivity index (χ0n) is 11.6. The smallest absolute Gasteiger partial charge is 0.408 e. The number of hydrogen-bond donors (Lipinski definition) is 1. The molecule has 5 heteroatoms. The number of hydrogen-bond acceptors (Lipinski definition) is 3. The van der Waals surface area contributed by atoms with Crippen molar-refractivity contribution in [2.75, 3.05) is 6.54 Å². The highest BCUT2D eigenvalue weighted by Gasteiger charge is 2.14. The van der Waals surface area contributed by atoms with Crippen LogP contribution in [0, 0.1) is 23.2 Å². The van der Waals surface area contributed by atoms with Gasteiger partial charge in [0.2, 0.25) is 0 Å². The SMILES string of the molecule is CC(C)(C)OC(=O)NCC#Cc1cc(Cl)ccc1C#N. The number of carbonyl (C=O) groups excluding carboxylic acids is 1. The molecule has 0 unspecified atom stereocenters. The fourth-order valence-electron chi connectivity index (χ4n) is 1.29. The summed E-state index contributed by atoms with van der Waals surface area (Å²) in [7, 11) is 0. The summed E-state index contributed by atoms with van der Waals surface area (Å²) in [5.41, 5.74) is 0.434. The average Bonchev–Trinajstić information content (AvgIpc) is 2.33. The molecule has 1 amide bonds. The number of rotatable bonds is 1. The van der Waals surface area contributed by atoms with Crippen LogP contribution in [-0.2, 0) is 4.74 Å². The number of ether oxygens (including phenoxy) is 1. The van der Waals surface area contributed by atoms with Gasteiger partial charge in [-0.05, 0) is 39.0 Å². The first kappa shape index (κ1) is 15.9. The lowest BCUT2D eigenvalue weighted by atomic mass is 10.1. The van der Waals surface area contributed by atoms with E-state index < -0.39 is 11.7 Å². The molecule has 0 aliphatic carbocycles. The van der Waals surface area contributed by atoms with Crippen LogP contribution in [0.4, 0.5) is 4.79 Å². The minimum Gasteiger partial charge on any atom is -0.444 e. The topological polar surface area (TPSA) is 62.1 Å². The number of halogens is 1. The van der Waals surface area contributed by atoms with Crippen molar-refractivity contribution in [3.8, 4) is 17.9 Å². The zero-order valence-corrected chi connectivity index (χ0v) is 12.3. The average molecular weight is 291 g/mol. The van der Waals surface area contributed by atoms with Crippen LogP contribution in [0.25, 0.3) is 0 Å². The molecule has 104 valence electrons. The lowest BCUT2D eigenvalue weighted by molar-refractivity contribution is 0.0535. The van der Waals surface area contributed by atoms with Crippen LogP contribution < -0.4 is 5.32 Å². The molecular formula is C15H15ClN2O2. The Morgan fingerprint density at radius 1 is 1.40 bits per heavy atom. The van der Waals surface area contributed by atoms with E-state index in [1.165, 1.54) is 0 Å². The molecule has 0 fully saturated rings. The number of alkyl carbamates (subject to hydrolysis) is 1. The van der Waals surface area contributed by atoms with Gasteiger partial charge < -0.3 is 10.1 Å². The number of amides is 1. The molecule has 0 bridgehead atoms. The Bertz CT molecular complexity index is 601. The van der Waals surface area contributed by atoms with Gasteiger partial charge in [-0.2, -0.15) is 5.26 Å². The predicted molar refractivity (Wildman–Crippen MR) is 77.3 cm³/mol. The van der Waals surface area contributed by atoms with E-state index in [0.717, 1.165) is 0 Å². The fraction of sp³-hybridized carbons (Fsp3) is 0.333. The highest BCUT2D eigenvalue weighted by molar-refractivity contribution is 6.30. The van der Waals surface area contributed by atoms with Gasteiger partial charge in [0.05, 0.1) is 12.1 Å². The van der Waals surface area contributed by atoms with Crippen LogP contribution in [0.15, 0.2) is 18.2 Å². The maximum Gasteiger partial charge on any atom is 0.408 e. The highest BCUT2D eigenvalue weighted by Crippen LogP contribution is 2.14. The maximum absolute atomic E-state index is 11.4. The van der Waals surface area contributed by atoms with Gasteiger partial charge in [0.25, 0.3) is 0 Å². The Morgan fingerprint density at radius 3 is 2.70 bits per heavy atom. The number of benzene rings is 1. The number of nitrogens with one attached hydrogen (secondary N) is 1. The lowest BCUT2D eigenvalue weighted by Gasteiger charge is -2.19. The van der Waals surface area contributed by atoms with Crippen LogP contribution >= 0.6 is 11.6 Å². The molecule has 4 nitrogen and oxygen atoms in total. The first-order valence-electron chi connectivity index (χ1n) is 5.97. The summed E-state index contributed by atoms with van der Waals surface area (Å²) < 4.78 is 5.06. The van der Waals surface area contributed by atoms with Gasteiger partial charge in [0.1, 0.15) is 11.7 Å². The summed E-state index contributed by atoms with van der Waals surface area (Å²) in [6.45, 7) is 5.47. The lowest BCUT2D eigenvalue weighted by Crippen LogP contribution is -2.32. The van der Waals surface area contributed by atoms with Gasteiger partial charge in [-0.1, -0.05) is 23.4 Å². The summed E-state index contributed by atoms with van der Waals surface area (Å²) >= 11 is 5.84. The summed E-state index contributed by atoms with van der Waals surface area (Å²) in [5, 5.41) is 11.9. The molecule has 0 aliphatic heterocycles. The summed E-state index contributed by atoms with van der Waals surface area (Å²) in [4.78, 5) is 11.4. The van der Waals surface area contributed by atoms with E-state index in [9.17, 15) is 4.79 Å². The molecule has 1 aromatic carbocycles. The second kappa shape index (κ2) is 6.84. The Hall–Kier alpha value is -2.17. The number of nitriles is 1. The third kappa shape index (κ3) is 5.65. The van der Waals surface area contributed by atoms with Crippen molar-refractivity contribution in [3.63, 3.8) is 0 Å². The maximum atomic E-state index is 11.4. The Balaban J connectivity index is 2.62. The van der Waals surface area contributed by atoms with E-state index in [-0.39, 0.29) is 6.54 Å². The van der Waals surface area contributed by atoms with E-state index in [2.05, 4.69) is 17.2 Å². The van der Waals surface area contributed by atoms with Gasteiger partial charge in [-0.3, -0.25) is 0 Å². The minimum atomic E-state index is -0.543. The zero-order chi connectivity index (χ0) is 15.2. The molecule has 20 heavy (non-hydrogen) atoms. The van der Waals surface area contributed by atoms with Gasteiger partial charge in [0, 0.05) is 10.6 Å². The molecule has 0 aromatic heterocycles. The van der Waals surface area contributed by atoms with Gasteiger partial charge >= 0.3 is 6.09 Å². The van der Waals surface area contributed by atoms with Crippen LogP contribution in [-0.4, -0.2) is 18.2 Å². The van der Waals surface area contributed by atoms with Crippen LogP contribution in [0.1, 0.15) is 31.9 Å². The van der Waals surface area contributed by atoms with Gasteiger partial charge in [0.15, 0.2) is 0 Å². The van der Waals surface area contributed by atoms with Gasteiger partial charge in [-0.15, -0.1) is 0 Å². The van der Waals surface area contributed by atoms with Crippen molar-refractivity contribution < 1.29 is 9.53 Å². The second-order valence-corrected chi connectivity index (χ2v) is 5.40. The predicted octanol–water partition coefficient (Wildman–Crippen LogP) is 3.09. The van der Waals surface area contributed by atoms with E-state index >= 15 is 0 Å². The molecule has 1 N–H and O–H groups in total. The molecule has 0 spiro atoms. The molecule has 0 atom stereocenters. The van der Waals surface area contributed by atoms with Crippen molar-refractivity contribution >= 4 is 17.7 Å². The highest BCUT2D eigenvalue weighted by atomic mass is 35.5. The molecule has 0 heterocycles. The van der Waals surface area contributed by atoms with E-state index in [1.807, 2.05) is 6.07 Å². The van der Waals surface area contributed by atoms with Crippen molar-refractivity contribution in [1.29, 1.82) is 5.26 Å². The van der Waals surface area contributed by atoms with Crippen LogP contribution in [0.2, 0.25) is 5.02 Å². The van der Waals surface area contributed by atoms with Crippen molar-refractivity contribution in [1.82, 2.24) is 5.32 Å². The standard InChI is InChI=1S/C15H15ClN2O2/c1-15(2,3)20-14(19)18-8-4-5-11-9-13(16)7-6-12(11)10-17/h6-7,9H,8H2,1-3H3,(H,18,19). The quantitative estimate of drug-likeness (QED) is 0.809.